The largest absolute Gasteiger partial charge is 0.479 e. The summed E-state index contributed by atoms with van der Waals surface area (Å²) < 4.78 is 5.13. The van der Waals surface area contributed by atoms with Gasteiger partial charge in [-0.05, 0) is 6.42 Å². The molecule has 0 saturated carbocycles. The lowest BCUT2D eigenvalue weighted by molar-refractivity contribution is -0.146. The zero-order chi connectivity index (χ0) is 12.8. The van der Waals surface area contributed by atoms with Crippen LogP contribution in [0, 0.1) is 0 Å². The summed E-state index contributed by atoms with van der Waals surface area (Å²) in [5.41, 5.74) is 0. The first-order chi connectivity index (χ1) is 8.04. The minimum absolute atomic E-state index is 0.00260. The molecule has 17 heavy (non-hydrogen) atoms. The molecule has 7 nitrogen and oxygen atoms in total. The van der Waals surface area contributed by atoms with E-state index in [0.29, 0.717) is 13.1 Å². The number of nitrogens with zero attached hydrogens (tertiary/aromatic N) is 1. The minimum atomic E-state index is -1.43. The highest BCUT2D eigenvalue weighted by molar-refractivity contribution is 5.75. The average Bonchev–Trinajstić information content (AvgIpc) is 2.77. The molecule has 0 aliphatic carbocycles. The number of methoxy groups -OCH3 is 1. The molecular formula is C10H18N2O5. The number of aliphatic carboxylic acids is 1. The normalized spacial score (nSPS) is 21.3. The van der Waals surface area contributed by atoms with Crippen LogP contribution in [0.1, 0.15) is 12.8 Å². The number of carbonyl (C=O) groups excluding carboxylic acids is 1. The van der Waals surface area contributed by atoms with Crippen molar-refractivity contribution < 1.29 is 24.5 Å². The first kappa shape index (κ1) is 13.7. The van der Waals surface area contributed by atoms with E-state index in [-0.39, 0.29) is 25.1 Å². The van der Waals surface area contributed by atoms with E-state index in [1.54, 1.807) is 12.0 Å². The molecule has 1 aliphatic rings. The topological polar surface area (TPSA) is 99.1 Å². The number of nitrogens with one attached hydrogen (secondary N) is 1. The summed E-state index contributed by atoms with van der Waals surface area (Å²) >= 11 is 0. The van der Waals surface area contributed by atoms with Gasteiger partial charge in [0.05, 0.1) is 6.10 Å². The van der Waals surface area contributed by atoms with Gasteiger partial charge in [0.2, 0.25) is 0 Å². The lowest BCUT2D eigenvalue weighted by atomic mass is 10.2. The van der Waals surface area contributed by atoms with Crippen molar-refractivity contribution in [3.63, 3.8) is 0 Å². The number of hydrogen-bond donors (Lipinski definition) is 3. The summed E-state index contributed by atoms with van der Waals surface area (Å²) in [7, 11) is 1.61. The average molecular weight is 246 g/mol. The molecule has 0 bridgehead atoms. The first-order valence-electron chi connectivity index (χ1n) is 5.51. The van der Waals surface area contributed by atoms with Crippen molar-refractivity contribution in [2.45, 2.75) is 25.0 Å². The molecule has 1 aliphatic heterocycles. The first-order valence-corrected chi connectivity index (χ1v) is 5.51. The molecule has 1 heterocycles. The molecule has 98 valence electrons. The van der Waals surface area contributed by atoms with Crippen LogP contribution in [0.5, 0.6) is 0 Å². The van der Waals surface area contributed by atoms with E-state index in [1.165, 1.54) is 0 Å². The number of carboxylic acid groups (broad SMARTS) is 1. The molecule has 0 aromatic heterocycles. The molecule has 7 heteroatoms. The van der Waals surface area contributed by atoms with Gasteiger partial charge in [-0.1, -0.05) is 0 Å². The molecule has 0 radical (unpaired) electrons. The highest BCUT2D eigenvalue weighted by atomic mass is 16.5. The molecule has 2 atom stereocenters. The number of carbonyl (C=O) groups is 2. The number of rotatable bonds is 5. The van der Waals surface area contributed by atoms with Gasteiger partial charge in [-0.2, -0.15) is 0 Å². The molecule has 0 aromatic rings. The van der Waals surface area contributed by atoms with Gasteiger partial charge in [-0.25, -0.2) is 9.59 Å². The number of hydrogen-bond acceptors (Lipinski definition) is 4. The van der Waals surface area contributed by atoms with Crippen molar-refractivity contribution >= 4 is 12.0 Å². The van der Waals surface area contributed by atoms with Crippen LogP contribution in [0.4, 0.5) is 4.79 Å². The number of likely N-dealkylation sites (tertiary alicyclic amines) is 1. The van der Waals surface area contributed by atoms with Crippen LogP contribution >= 0.6 is 0 Å². The molecule has 1 rings (SSSR count). The molecule has 2 amide bonds. The molecular weight excluding hydrogens is 228 g/mol. The Morgan fingerprint density at radius 2 is 2.29 bits per heavy atom. The van der Waals surface area contributed by atoms with Crippen LogP contribution in [0.2, 0.25) is 0 Å². The van der Waals surface area contributed by atoms with E-state index < -0.39 is 12.1 Å². The Balaban J connectivity index is 2.20. The standard InChI is InChI=1S/C10H18N2O5/c1-17-7-3-5-12(6-7)10(16)11-4-2-8(13)9(14)15/h7-8,13H,2-6H2,1H3,(H,11,16)(H,14,15)/t7?,8-/m0/s1. The Morgan fingerprint density at radius 3 is 2.82 bits per heavy atom. The summed E-state index contributed by atoms with van der Waals surface area (Å²) in [5.74, 6) is -1.28. The van der Waals surface area contributed by atoms with Crippen LogP contribution in [0.3, 0.4) is 0 Å². The molecule has 1 unspecified atom stereocenters. The summed E-state index contributed by atoms with van der Waals surface area (Å²) in [4.78, 5) is 23.5. The van der Waals surface area contributed by atoms with Gasteiger partial charge in [0.25, 0.3) is 0 Å². The Labute approximate surface area is 99.4 Å². The second-order valence-electron chi connectivity index (χ2n) is 3.97. The van der Waals surface area contributed by atoms with Gasteiger partial charge in [-0.3, -0.25) is 0 Å². The Morgan fingerprint density at radius 1 is 1.59 bits per heavy atom. The van der Waals surface area contributed by atoms with E-state index in [1.807, 2.05) is 0 Å². The fraction of sp³-hybridized carbons (Fsp3) is 0.800. The maximum absolute atomic E-state index is 11.6. The van der Waals surface area contributed by atoms with Gasteiger partial charge in [0.1, 0.15) is 0 Å². The molecule has 1 saturated heterocycles. The SMILES string of the molecule is COC1CCN(C(=O)NCC[C@H](O)C(=O)O)C1. The molecule has 3 N–H and O–H groups in total. The summed E-state index contributed by atoms with van der Waals surface area (Å²) in [6.07, 6.45) is -0.546. The third-order valence-corrected chi connectivity index (χ3v) is 2.74. The van der Waals surface area contributed by atoms with E-state index in [2.05, 4.69) is 5.32 Å². The van der Waals surface area contributed by atoms with E-state index in [0.717, 1.165) is 6.42 Å². The smallest absolute Gasteiger partial charge is 0.332 e. The van der Waals surface area contributed by atoms with Gasteiger partial charge in [0, 0.05) is 33.2 Å². The highest BCUT2D eigenvalue weighted by Gasteiger charge is 2.25. The van der Waals surface area contributed by atoms with Crippen LogP contribution in [0.25, 0.3) is 0 Å². The van der Waals surface area contributed by atoms with Gasteiger partial charge in [0.15, 0.2) is 6.10 Å². The zero-order valence-electron chi connectivity index (χ0n) is 9.76. The van der Waals surface area contributed by atoms with Crippen molar-refractivity contribution in [2.75, 3.05) is 26.7 Å². The van der Waals surface area contributed by atoms with E-state index in [4.69, 9.17) is 14.9 Å². The van der Waals surface area contributed by atoms with Crippen molar-refractivity contribution in [2.24, 2.45) is 0 Å². The monoisotopic (exact) mass is 246 g/mol. The van der Waals surface area contributed by atoms with Crippen molar-refractivity contribution in [1.82, 2.24) is 10.2 Å². The third-order valence-electron chi connectivity index (χ3n) is 2.74. The third kappa shape index (κ3) is 4.20. The summed E-state index contributed by atoms with van der Waals surface area (Å²) in [6.45, 7) is 1.32. The second-order valence-corrected chi connectivity index (χ2v) is 3.97. The maximum atomic E-state index is 11.6. The predicted molar refractivity (Wildman–Crippen MR) is 58.6 cm³/mol. The lowest BCUT2D eigenvalue weighted by Gasteiger charge is -2.17. The molecule has 0 spiro atoms. The summed E-state index contributed by atoms with van der Waals surface area (Å²) in [5, 5.41) is 20.0. The lowest BCUT2D eigenvalue weighted by Crippen LogP contribution is -2.40. The summed E-state index contributed by atoms with van der Waals surface area (Å²) in [6, 6.07) is -0.248. The number of amides is 2. The van der Waals surface area contributed by atoms with Gasteiger partial charge < -0.3 is 25.2 Å². The number of aliphatic hydroxyl groups excluding tert-OH is 1. The van der Waals surface area contributed by atoms with Gasteiger partial charge in [-0.15, -0.1) is 0 Å². The second kappa shape index (κ2) is 6.41. The van der Waals surface area contributed by atoms with Crippen LogP contribution in [0.15, 0.2) is 0 Å². The fourth-order valence-corrected chi connectivity index (χ4v) is 1.66. The van der Waals surface area contributed by atoms with Crippen LogP contribution < -0.4 is 5.32 Å². The van der Waals surface area contributed by atoms with Gasteiger partial charge >= 0.3 is 12.0 Å². The predicted octanol–water partition coefficient (Wildman–Crippen LogP) is -0.748. The quantitative estimate of drug-likeness (QED) is 0.593. The number of ether oxygens (including phenoxy) is 1. The van der Waals surface area contributed by atoms with Crippen LogP contribution in [-0.2, 0) is 9.53 Å². The Bertz CT molecular complexity index is 284. The Kier molecular flexibility index (Phi) is 5.17. The molecule has 0 aromatic carbocycles. The highest BCUT2D eigenvalue weighted by Crippen LogP contribution is 2.11. The number of carboxylic acids is 1. The van der Waals surface area contributed by atoms with Crippen molar-refractivity contribution in [3.05, 3.63) is 0 Å². The molecule has 1 fully saturated rings. The minimum Gasteiger partial charge on any atom is -0.479 e. The Hall–Kier alpha value is -1.34. The van der Waals surface area contributed by atoms with Crippen molar-refractivity contribution in [3.8, 4) is 0 Å². The van der Waals surface area contributed by atoms with Crippen molar-refractivity contribution in [1.29, 1.82) is 0 Å². The number of urea groups is 1. The fourth-order valence-electron chi connectivity index (χ4n) is 1.66. The van der Waals surface area contributed by atoms with E-state index in [9.17, 15) is 9.59 Å². The number of aliphatic hydroxyl groups is 1. The van der Waals surface area contributed by atoms with Crippen LogP contribution in [-0.4, -0.2) is 66.1 Å². The van der Waals surface area contributed by atoms with E-state index >= 15 is 0 Å². The zero-order valence-corrected chi connectivity index (χ0v) is 9.76. The maximum Gasteiger partial charge on any atom is 0.332 e.